The van der Waals surface area contributed by atoms with Gasteiger partial charge in [0.05, 0.1) is 12.7 Å². The predicted molar refractivity (Wildman–Crippen MR) is 61.4 cm³/mol. The van der Waals surface area contributed by atoms with Gasteiger partial charge in [0.2, 0.25) is 0 Å². The zero-order valence-electron chi connectivity index (χ0n) is 9.40. The zero-order valence-corrected chi connectivity index (χ0v) is 9.40. The van der Waals surface area contributed by atoms with Crippen molar-refractivity contribution in [2.75, 3.05) is 6.61 Å². The summed E-state index contributed by atoms with van der Waals surface area (Å²) in [4.78, 5) is 11.5. The number of hydrogen-bond acceptors (Lipinski definition) is 3. The fraction of sp³-hybridized carbons (Fsp3) is 0.385. The largest absolute Gasteiger partial charge is 0.494 e. The Labute approximate surface area is 95.7 Å². The van der Waals surface area contributed by atoms with E-state index in [1.54, 1.807) is 24.3 Å². The molecule has 0 N–H and O–H groups in total. The van der Waals surface area contributed by atoms with E-state index in [1.165, 1.54) is 0 Å². The summed E-state index contributed by atoms with van der Waals surface area (Å²) in [7, 11) is 0. The Balaban J connectivity index is 2.57. The van der Waals surface area contributed by atoms with Crippen LogP contribution in [0.15, 0.2) is 24.3 Å². The molecule has 0 atom stereocenters. The van der Waals surface area contributed by atoms with Crippen LogP contribution in [0.25, 0.3) is 0 Å². The lowest BCUT2D eigenvalue weighted by Gasteiger charge is -2.04. The van der Waals surface area contributed by atoms with E-state index in [9.17, 15) is 4.79 Å². The maximum atomic E-state index is 11.5. The van der Waals surface area contributed by atoms with Crippen LogP contribution in [0.5, 0.6) is 5.75 Å². The summed E-state index contributed by atoms with van der Waals surface area (Å²) in [5.74, 6) is 0.780. The number of carbonyl (C=O) groups excluding carboxylic acids is 1. The molecule has 1 aromatic rings. The highest BCUT2D eigenvalue weighted by atomic mass is 16.5. The third-order valence-corrected chi connectivity index (χ3v) is 2.11. The summed E-state index contributed by atoms with van der Waals surface area (Å²) in [6.45, 7) is 2.72. The van der Waals surface area contributed by atoms with Crippen LogP contribution in [0, 0.1) is 11.3 Å². The standard InChI is InChI=1S/C13H15NO2/c1-2-10-16-12-7-5-11(6-8-12)13(15)4-3-9-14/h5-8H,2-4,10H2,1H3. The van der Waals surface area contributed by atoms with E-state index in [0.717, 1.165) is 12.2 Å². The third-order valence-electron chi connectivity index (χ3n) is 2.11. The van der Waals surface area contributed by atoms with Crippen molar-refractivity contribution in [2.45, 2.75) is 26.2 Å². The average Bonchev–Trinajstić information content (AvgIpc) is 2.34. The summed E-state index contributed by atoms with van der Waals surface area (Å²) in [6.07, 6.45) is 1.52. The average molecular weight is 217 g/mol. The molecular formula is C13H15NO2. The molecule has 0 aromatic heterocycles. The lowest BCUT2D eigenvalue weighted by atomic mass is 10.1. The first-order valence-corrected chi connectivity index (χ1v) is 5.41. The van der Waals surface area contributed by atoms with E-state index >= 15 is 0 Å². The molecule has 0 aliphatic carbocycles. The van der Waals surface area contributed by atoms with Crippen LogP contribution in [-0.4, -0.2) is 12.4 Å². The van der Waals surface area contributed by atoms with Crippen molar-refractivity contribution in [1.29, 1.82) is 5.26 Å². The van der Waals surface area contributed by atoms with Crippen LogP contribution in [0.1, 0.15) is 36.5 Å². The maximum absolute atomic E-state index is 11.5. The zero-order chi connectivity index (χ0) is 11.8. The lowest BCUT2D eigenvalue weighted by Crippen LogP contribution is -1.99. The number of hydrogen-bond donors (Lipinski definition) is 0. The minimum absolute atomic E-state index is 0.00333. The molecule has 1 aromatic carbocycles. The number of ketones is 1. The van der Waals surface area contributed by atoms with Gasteiger partial charge < -0.3 is 4.74 Å². The number of rotatable bonds is 6. The van der Waals surface area contributed by atoms with Crippen molar-refractivity contribution in [3.8, 4) is 11.8 Å². The number of nitriles is 1. The van der Waals surface area contributed by atoms with Gasteiger partial charge in [-0.15, -0.1) is 0 Å². The second-order valence-corrected chi connectivity index (χ2v) is 3.45. The van der Waals surface area contributed by atoms with Gasteiger partial charge in [0, 0.05) is 18.4 Å². The summed E-state index contributed by atoms with van der Waals surface area (Å²) in [6, 6.07) is 9.02. The molecular weight excluding hydrogens is 202 g/mol. The predicted octanol–water partition coefficient (Wildman–Crippen LogP) is 2.96. The van der Waals surface area contributed by atoms with Crippen molar-refractivity contribution in [2.24, 2.45) is 0 Å². The van der Waals surface area contributed by atoms with Gasteiger partial charge in [0.1, 0.15) is 5.75 Å². The molecule has 0 aliphatic rings. The molecule has 1 rings (SSSR count). The molecule has 0 fully saturated rings. The molecule has 0 bridgehead atoms. The molecule has 3 heteroatoms. The van der Waals surface area contributed by atoms with Gasteiger partial charge in [-0.2, -0.15) is 5.26 Å². The highest BCUT2D eigenvalue weighted by molar-refractivity contribution is 5.96. The van der Waals surface area contributed by atoms with Crippen molar-refractivity contribution >= 4 is 5.78 Å². The van der Waals surface area contributed by atoms with Gasteiger partial charge in [0.15, 0.2) is 5.78 Å². The Hall–Kier alpha value is -1.82. The van der Waals surface area contributed by atoms with Gasteiger partial charge >= 0.3 is 0 Å². The van der Waals surface area contributed by atoms with E-state index in [4.69, 9.17) is 10.00 Å². The molecule has 0 aliphatic heterocycles. The molecule has 0 radical (unpaired) electrons. The van der Waals surface area contributed by atoms with E-state index in [2.05, 4.69) is 0 Å². The van der Waals surface area contributed by atoms with Crippen LogP contribution in [-0.2, 0) is 0 Å². The Morgan fingerprint density at radius 3 is 2.62 bits per heavy atom. The SMILES string of the molecule is CCCOc1ccc(C(=O)CCC#N)cc1. The molecule has 0 spiro atoms. The Kier molecular flexibility index (Phi) is 5.07. The minimum Gasteiger partial charge on any atom is -0.494 e. The van der Waals surface area contributed by atoms with Crippen molar-refractivity contribution < 1.29 is 9.53 Å². The van der Waals surface area contributed by atoms with E-state index in [1.807, 2.05) is 13.0 Å². The monoisotopic (exact) mass is 217 g/mol. The van der Waals surface area contributed by atoms with Crippen LogP contribution in [0.4, 0.5) is 0 Å². The first-order valence-electron chi connectivity index (χ1n) is 5.41. The lowest BCUT2D eigenvalue weighted by molar-refractivity contribution is 0.0984. The quantitative estimate of drug-likeness (QED) is 0.688. The normalized spacial score (nSPS) is 9.50. The Morgan fingerprint density at radius 1 is 1.38 bits per heavy atom. The first-order chi connectivity index (χ1) is 7.77. The van der Waals surface area contributed by atoms with Gasteiger partial charge in [-0.1, -0.05) is 6.92 Å². The number of Topliss-reactive ketones (excluding diaryl/α,β-unsaturated/α-hetero) is 1. The molecule has 0 unspecified atom stereocenters. The molecule has 3 nitrogen and oxygen atoms in total. The molecule has 0 saturated carbocycles. The van der Waals surface area contributed by atoms with Crippen LogP contribution in [0.3, 0.4) is 0 Å². The van der Waals surface area contributed by atoms with Gasteiger partial charge in [-0.3, -0.25) is 4.79 Å². The summed E-state index contributed by atoms with van der Waals surface area (Å²) in [5.41, 5.74) is 0.638. The molecule has 0 saturated heterocycles. The highest BCUT2D eigenvalue weighted by Crippen LogP contribution is 2.14. The maximum Gasteiger partial charge on any atom is 0.163 e. The summed E-state index contributed by atoms with van der Waals surface area (Å²) in [5, 5.41) is 8.38. The number of ether oxygens (including phenoxy) is 1. The molecule has 0 heterocycles. The molecule has 0 amide bonds. The molecule has 16 heavy (non-hydrogen) atoms. The van der Waals surface area contributed by atoms with Crippen LogP contribution >= 0.6 is 0 Å². The number of carbonyl (C=O) groups is 1. The van der Waals surface area contributed by atoms with Crippen LogP contribution in [0.2, 0.25) is 0 Å². The van der Waals surface area contributed by atoms with Crippen molar-refractivity contribution in [3.63, 3.8) is 0 Å². The van der Waals surface area contributed by atoms with E-state index in [0.29, 0.717) is 12.2 Å². The highest BCUT2D eigenvalue weighted by Gasteiger charge is 2.05. The van der Waals surface area contributed by atoms with Gasteiger partial charge in [0.25, 0.3) is 0 Å². The Morgan fingerprint density at radius 2 is 2.06 bits per heavy atom. The molecule has 84 valence electrons. The topological polar surface area (TPSA) is 50.1 Å². The number of nitrogens with zero attached hydrogens (tertiary/aromatic N) is 1. The number of benzene rings is 1. The van der Waals surface area contributed by atoms with E-state index < -0.39 is 0 Å². The first kappa shape index (κ1) is 12.3. The second kappa shape index (κ2) is 6.62. The van der Waals surface area contributed by atoms with Crippen molar-refractivity contribution in [3.05, 3.63) is 29.8 Å². The van der Waals surface area contributed by atoms with Crippen molar-refractivity contribution in [1.82, 2.24) is 0 Å². The van der Waals surface area contributed by atoms with Gasteiger partial charge in [-0.25, -0.2) is 0 Å². The fourth-order valence-electron chi connectivity index (χ4n) is 1.27. The third kappa shape index (κ3) is 3.74. The Bertz CT molecular complexity index is 376. The second-order valence-electron chi connectivity index (χ2n) is 3.45. The fourth-order valence-corrected chi connectivity index (χ4v) is 1.27. The van der Waals surface area contributed by atoms with E-state index in [-0.39, 0.29) is 18.6 Å². The summed E-state index contributed by atoms with van der Waals surface area (Å²) < 4.78 is 5.41. The van der Waals surface area contributed by atoms with Crippen LogP contribution < -0.4 is 4.74 Å². The smallest absolute Gasteiger partial charge is 0.163 e. The van der Waals surface area contributed by atoms with Gasteiger partial charge in [-0.05, 0) is 30.7 Å². The minimum atomic E-state index is 0.00333. The summed E-state index contributed by atoms with van der Waals surface area (Å²) >= 11 is 0.